The van der Waals surface area contributed by atoms with Gasteiger partial charge in [-0.1, -0.05) is 30.3 Å². The zero-order valence-corrected chi connectivity index (χ0v) is 10.9. The van der Waals surface area contributed by atoms with Gasteiger partial charge in [0.2, 0.25) is 0 Å². The Morgan fingerprint density at radius 2 is 1.62 bits per heavy atom. The molecule has 21 heavy (non-hydrogen) atoms. The number of para-hydroxylation sites is 1. The first-order valence-electron chi connectivity index (χ1n) is 5.94. The molecule has 0 radical (unpaired) electrons. The SMILES string of the molecule is CC(=O)c1c(F)cccc1-c1ccccc1OC(F)(F)F. The van der Waals surface area contributed by atoms with E-state index in [0.717, 1.165) is 19.1 Å². The molecule has 2 aromatic rings. The van der Waals surface area contributed by atoms with Crippen molar-refractivity contribution in [2.75, 3.05) is 0 Å². The summed E-state index contributed by atoms with van der Waals surface area (Å²) in [5, 5.41) is 0. The van der Waals surface area contributed by atoms with Crippen molar-refractivity contribution in [3.05, 3.63) is 53.8 Å². The fourth-order valence-corrected chi connectivity index (χ4v) is 2.01. The number of Topliss-reactive ketones (excluding diaryl/α,β-unsaturated/α-hetero) is 1. The van der Waals surface area contributed by atoms with Crippen LogP contribution < -0.4 is 4.74 Å². The number of benzene rings is 2. The van der Waals surface area contributed by atoms with Crippen molar-refractivity contribution < 1.29 is 27.1 Å². The van der Waals surface area contributed by atoms with E-state index in [1.807, 2.05) is 0 Å². The molecule has 0 saturated carbocycles. The molecule has 0 aliphatic heterocycles. The van der Waals surface area contributed by atoms with Gasteiger partial charge in [0, 0.05) is 5.56 Å². The summed E-state index contributed by atoms with van der Waals surface area (Å²) in [5.41, 5.74) is -0.211. The summed E-state index contributed by atoms with van der Waals surface area (Å²) in [6.07, 6.45) is -4.88. The fourth-order valence-electron chi connectivity index (χ4n) is 2.01. The molecule has 2 aromatic carbocycles. The highest BCUT2D eigenvalue weighted by Crippen LogP contribution is 2.36. The zero-order valence-electron chi connectivity index (χ0n) is 10.9. The molecule has 0 aliphatic rings. The third-order valence-corrected chi connectivity index (χ3v) is 2.77. The molecular formula is C15H10F4O2. The molecule has 0 aromatic heterocycles. The molecular weight excluding hydrogens is 288 g/mol. The Hall–Kier alpha value is -2.37. The van der Waals surface area contributed by atoms with Gasteiger partial charge in [0.25, 0.3) is 0 Å². The number of carbonyl (C=O) groups excluding carboxylic acids is 1. The van der Waals surface area contributed by atoms with Crippen LogP contribution in [0.1, 0.15) is 17.3 Å². The van der Waals surface area contributed by atoms with Crippen LogP contribution in [0.5, 0.6) is 5.75 Å². The molecule has 0 spiro atoms. The Morgan fingerprint density at radius 1 is 1.00 bits per heavy atom. The molecule has 0 N–H and O–H groups in total. The molecule has 6 heteroatoms. The van der Waals surface area contributed by atoms with Crippen LogP contribution in [0.4, 0.5) is 17.6 Å². The molecule has 0 fully saturated rings. The first-order valence-corrected chi connectivity index (χ1v) is 5.94. The highest BCUT2D eigenvalue weighted by molar-refractivity contribution is 6.01. The van der Waals surface area contributed by atoms with E-state index in [4.69, 9.17) is 0 Å². The average molecular weight is 298 g/mol. The first-order chi connectivity index (χ1) is 9.79. The van der Waals surface area contributed by atoms with Crippen molar-refractivity contribution in [1.29, 1.82) is 0 Å². The second-order valence-electron chi connectivity index (χ2n) is 4.26. The largest absolute Gasteiger partial charge is 0.573 e. The highest BCUT2D eigenvalue weighted by Gasteiger charge is 2.32. The first kappa shape index (κ1) is 15.0. The van der Waals surface area contributed by atoms with Gasteiger partial charge >= 0.3 is 6.36 Å². The number of rotatable bonds is 3. The maximum Gasteiger partial charge on any atom is 0.573 e. The number of ketones is 1. The normalized spacial score (nSPS) is 11.3. The van der Waals surface area contributed by atoms with Gasteiger partial charge in [-0.25, -0.2) is 4.39 Å². The van der Waals surface area contributed by atoms with Crippen LogP contribution in [-0.2, 0) is 0 Å². The van der Waals surface area contributed by atoms with Crippen LogP contribution in [-0.4, -0.2) is 12.1 Å². The Bertz CT molecular complexity index is 678. The van der Waals surface area contributed by atoms with Gasteiger partial charge < -0.3 is 4.74 Å². The molecule has 2 nitrogen and oxygen atoms in total. The van der Waals surface area contributed by atoms with E-state index in [1.165, 1.54) is 30.3 Å². The van der Waals surface area contributed by atoms with E-state index in [9.17, 15) is 22.4 Å². The maximum absolute atomic E-state index is 13.8. The molecule has 0 atom stereocenters. The summed E-state index contributed by atoms with van der Waals surface area (Å²) in [4.78, 5) is 11.6. The summed E-state index contributed by atoms with van der Waals surface area (Å²) in [6.45, 7) is 1.15. The minimum Gasteiger partial charge on any atom is -0.405 e. The number of carbonyl (C=O) groups is 1. The lowest BCUT2D eigenvalue weighted by atomic mass is 9.96. The van der Waals surface area contributed by atoms with E-state index >= 15 is 0 Å². The Labute approximate surface area is 118 Å². The van der Waals surface area contributed by atoms with Gasteiger partial charge in [-0.05, 0) is 24.6 Å². The summed E-state index contributed by atoms with van der Waals surface area (Å²) < 4.78 is 54.9. The fraction of sp³-hybridized carbons (Fsp3) is 0.133. The van der Waals surface area contributed by atoms with Crippen LogP contribution >= 0.6 is 0 Å². The lowest BCUT2D eigenvalue weighted by Crippen LogP contribution is -2.17. The van der Waals surface area contributed by atoms with E-state index < -0.39 is 23.7 Å². The average Bonchev–Trinajstić information content (AvgIpc) is 2.36. The van der Waals surface area contributed by atoms with Crippen molar-refractivity contribution in [2.24, 2.45) is 0 Å². The standard InChI is InChI=1S/C15H10F4O2/c1-9(20)14-11(6-4-7-12(14)16)10-5-2-3-8-13(10)21-15(17,18)19/h2-8H,1H3. The molecule has 0 amide bonds. The predicted octanol–water partition coefficient (Wildman–Crippen LogP) is 4.59. The number of halogens is 4. The van der Waals surface area contributed by atoms with Crippen molar-refractivity contribution in [2.45, 2.75) is 13.3 Å². The molecule has 110 valence electrons. The van der Waals surface area contributed by atoms with Crippen molar-refractivity contribution in [3.63, 3.8) is 0 Å². The lowest BCUT2D eigenvalue weighted by molar-refractivity contribution is -0.274. The van der Waals surface area contributed by atoms with Crippen LogP contribution in [0.2, 0.25) is 0 Å². The van der Waals surface area contributed by atoms with Gasteiger partial charge in [-0.2, -0.15) is 0 Å². The third kappa shape index (κ3) is 3.39. The number of ether oxygens (including phenoxy) is 1. The molecule has 0 unspecified atom stereocenters. The maximum atomic E-state index is 13.8. The summed E-state index contributed by atoms with van der Waals surface area (Å²) in [5.74, 6) is -1.86. The van der Waals surface area contributed by atoms with Gasteiger partial charge in [-0.3, -0.25) is 4.79 Å². The van der Waals surface area contributed by atoms with Crippen LogP contribution in [0.15, 0.2) is 42.5 Å². The van der Waals surface area contributed by atoms with Gasteiger partial charge in [0.15, 0.2) is 5.78 Å². The zero-order chi connectivity index (χ0) is 15.6. The lowest BCUT2D eigenvalue weighted by Gasteiger charge is -2.15. The third-order valence-electron chi connectivity index (χ3n) is 2.77. The quantitative estimate of drug-likeness (QED) is 0.612. The van der Waals surface area contributed by atoms with E-state index in [-0.39, 0.29) is 16.7 Å². The summed E-state index contributed by atoms with van der Waals surface area (Å²) in [6, 6.07) is 9.05. The molecule has 2 rings (SSSR count). The van der Waals surface area contributed by atoms with Gasteiger partial charge in [0.1, 0.15) is 11.6 Å². The molecule has 0 saturated heterocycles. The molecule has 0 heterocycles. The summed E-state index contributed by atoms with van der Waals surface area (Å²) >= 11 is 0. The topological polar surface area (TPSA) is 26.3 Å². The molecule has 0 aliphatic carbocycles. The van der Waals surface area contributed by atoms with Crippen LogP contribution in [0.3, 0.4) is 0 Å². The van der Waals surface area contributed by atoms with Crippen LogP contribution in [0, 0.1) is 5.82 Å². The number of hydrogen-bond donors (Lipinski definition) is 0. The van der Waals surface area contributed by atoms with E-state index in [1.54, 1.807) is 0 Å². The minimum atomic E-state index is -4.88. The van der Waals surface area contributed by atoms with E-state index in [0.29, 0.717) is 0 Å². The molecule has 0 bridgehead atoms. The Kier molecular flexibility index (Phi) is 3.97. The van der Waals surface area contributed by atoms with Crippen molar-refractivity contribution in [1.82, 2.24) is 0 Å². The van der Waals surface area contributed by atoms with Gasteiger partial charge in [0.05, 0.1) is 5.56 Å². The monoisotopic (exact) mass is 298 g/mol. The number of alkyl halides is 3. The minimum absolute atomic E-state index is 0.000440. The second-order valence-corrected chi connectivity index (χ2v) is 4.26. The van der Waals surface area contributed by atoms with E-state index in [2.05, 4.69) is 4.74 Å². The predicted molar refractivity (Wildman–Crippen MR) is 68.5 cm³/mol. The number of hydrogen-bond acceptors (Lipinski definition) is 2. The second kappa shape index (κ2) is 5.55. The highest BCUT2D eigenvalue weighted by atomic mass is 19.4. The Balaban J connectivity index is 2.63. The smallest absolute Gasteiger partial charge is 0.405 e. The van der Waals surface area contributed by atoms with Gasteiger partial charge in [-0.15, -0.1) is 13.2 Å². The van der Waals surface area contributed by atoms with Crippen LogP contribution in [0.25, 0.3) is 11.1 Å². The van der Waals surface area contributed by atoms with Crippen molar-refractivity contribution in [3.8, 4) is 16.9 Å². The summed E-state index contributed by atoms with van der Waals surface area (Å²) in [7, 11) is 0. The Morgan fingerprint density at radius 3 is 2.24 bits per heavy atom. The van der Waals surface area contributed by atoms with Crippen molar-refractivity contribution >= 4 is 5.78 Å².